The second-order valence-corrected chi connectivity index (χ2v) is 6.40. The lowest BCUT2D eigenvalue weighted by Crippen LogP contribution is -2.44. The summed E-state index contributed by atoms with van der Waals surface area (Å²) in [6.07, 6.45) is 4.57. The van der Waals surface area contributed by atoms with Gasteiger partial charge in [0.25, 0.3) is 0 Å². The lowest BCUT2D eigenvalue weighted by atomic mass is 10.1. The number of halogens is 1. The van der Waals surface area contributed by atoms with Crippen molar-refractivity contribution in [3.05, 3.63) is 23.1 Å². The highest BCUT2D eigenvalue weighted by molar-refractivity contribution is 6.28. The van der Waals surface area contributed by atoms with Crippen LogP contribution >= 0.6 is 11.6 Å². The van der Waals surface area contributed by atoms with E-state index in [9.17, 15) is 0 Å². The van der Waals surface area contributed by atoms with Crippen molar-refractivity contribution in [2.45, 2.75) is 45.6 Å². The summed E-state index contributed by atoms with van der Waals surface area (Å²) >= 11 is 6.15. The van der Waals surface area contributed by atoms with Gasteiger partial charge in [0.2, 0.25) is 5.28 Å². The summed E-state index contributed by atoms with van der Waals surface area (Å²) in [5, 5.41) is 1.21. The van der Waals surface area contributed by atoms with Crippen molar-refractivity contribution in [1.29, 1.82) is 0 Å². The Morgan fingerprint density at radius 1 is 1.26 bits per heavy atom. The Morgan fingerprint density at radius 2 is 2.13 bits per heavy atom. The number of ether oxygens (including phenoxy) is 1. The molecule has 1 atom stereocenters. The summed E-state index contributed by atoms with van der Waals surface area (Å²) in [5.74, 6) is 0.864. The van der Waals surface area contributed by atoms with Crippen molar-refractivity contribution in [3.8, 4) is 0 Å². The molecule has 23 heavy (non-hydrogen) atoms. The fraction of sp³-hybridized carbons (Fsp3) is 0.588. The predicted molar refractivity (Wildman–Crippen MR) is 93.2 cm³/mol. The molecule has 6 heteroatoms. The van der Waals surface area contributed by atoms with Gasteiger partial charge < -0.3 is 9.64 Å². The molecule has 5 nitrogen and oxygen atoms in total. The number of morpholine rings is 1. The lowest BCUT2D eigenvalue weighted by Gasteiger charge is -2.34. The van der Waals surface area contributed by atoms with E-state index >= 15 is 0 Å². The Labute approximate surface area is 142 Å². The van der Waals surface area contributed by atoms with Crippen LogP contribution in [0, 0.1) is 0 Å². The molecule has 1 fully saturated rings. The molecular formula is C17H23ClN4O. The summed E-state index contributed by atoms with van der Waals surface area (Å²) in [6.45, 7) is 6.55. The van der Waals surface area contributed by atoms with Crippen LogP contribution < -0.4 is 4.90 Å². The van der Waals surface area contributed by atoms with Gasteiger partial charge in [-0.05, 0) is 43.5 Å². The number of unbranched alkanes of at least 4 members (excludes halogenated alkanes) is 2. The average Bonchev–Trinajstić information content (AvgIpc) is 2.54. The number of rotatable bonds is 5. The maximum absolute atomic E-state index is 6.15. The first-order valence-electron chi connectivity index (χ1n) is 8.36. The summed E-state index contributed by atoms with van der Waals surface area (Å²) in [4.78, 5) is 15.7. The van der Waals surface area contributed by atoms with E-state index in [4.69, 9.17) is 21.3 Å². The van der Waals surface area contributed by atoms with Crippen molar-refractivity contribution in [3.63, 3.8) is 0 Å². The van der Waals surface area contributed by atoms with E-state index in [2.05, 4.69) is 40.8 Å². The zero-order valence-electron chi connectivity index (χ0n) is 13.8. The van der Waals surface area contributed by atoms with E-state index in [1.165, 1.54) is 12.8 Å². The smallest absolute Gasteiger partial charge is 0.226 e. The van der Waals surface area contributed by atoms with Crippen LogP contribution in [0.3, 0.4) is 0 Å². The minimum Gasteiger partial charge on any atom is -0.377 e. The van der Waals surface area contributed by atoms with Crippen molar-refractivity contribution in [2.75, 3.05) is 24.7 Å². The predicted octanol–water partition coefficient (Wildman–Crippen LogP) is 3.64. The number of aromatic nitrogens is 3. The number of pyridine rings is 1. The Balaban J connectivity index is 1.95. The van der Waals surface area contributed by atoms with Crippen LogP contribution in [0.15, 0.2) is 12.1 Å². The summed E-state index contributed by atoms with van der Waals surface area (Å²) in [5.41, 5.74) is 1.76. The molecule has 0 bridgehead atoms. The maximum Gasteiger partial charge on any atom is 0.226 e. The van der Waals surface area contributed by atoms with Gasteiger partial charge in [0.05, 0.1) is 24.6 Å². The highest BCUT2D eigenvalue weighted by Crippen LogP contribution is 2.27. The zero-order chi connectivity index (χ0) is 16.2. The Kier molecular flexibility index (Phi) is 5.28. The fourth-order valence-electron chi connectivity index (χ4n) is 2.96. The second kappa shape index (κ2) is 7.41. The minimum atomic E-state index is 0.254. The molecule has 124 valence electrons. The molecule has 2 aromatic heterocycles. The molecule has 1 aliphatic rings. The molecule has 0 N–H and O–H groups in total. The third-order valence-corrected chi connectivity index (χ3v) is 4.42. The third kappa shape index (κ3) is 3.72. The van der Waals surface area contributed by atoms with E-state index in [-0.39, 0.29) is 11.3 Å². The first kappa shape index (κ1) is 16.4. The first-order valence-corrected chi connectivity index (χ1v) is 8.74. The van der Waals surface area contributed by atoms with Crippen LogP contribution in [0.4, 0.5) is 5.82 Å². The number of aryl methyl sites for hydroxylation is 1. The molecule has 3 heterocycles. The van der Waals surface area contributed by atoms with E-state index in [1.54, 1.807) is 0 Å². The molecule has 0 aromatic carbocycles. The molecule has 1 aliphatic heterocycles. The average molecular weight is 335 g/mol. The van der Waals surface area contributed by atoms with Gasteiger partial charge in [-0.3, -0.25) is 0 Å². The van der Waals surface area contributed by atoms with Gasteiger partial charge in [-0.2, -0.15) is 9.97 Å². The first-order chi connectivity index (χ1) is 11.2. The molecule has 3 rings (SSSR count). The number of hydrogen-bond donors (Lipinski definition) is 0. The zero-order valence-corrected chi connectivity index (χ0v) is 14.5. The molecule has 0 unspecified atom stereocenters. The quantitative estimate of drug-likeness (QED) is 0.617. The van der Waals surface area contributed by atoms with E-state index < -0.39 is 0 Å². The van der Waals surface area contributed by atoms with Crippen molar-refractivity contribution in [1.82, 2.24) is 15.0 Å². The van der Waals surface area contributed by atoms with Gasteiger partial charge >= 0.3 is 0 Å². The Hall–Kier alpha value is -1.46. The van der Waals surface area contributed by atoms with Crippen LogP contribution in [-0.2, 0) is 11.2 Å². The van der Waals surface area contributed by atoms with E-state index in [0.717, 1.165) is 36.3 Å². The van der Waals surface area contributed by atoms with Gasteiger partial charge in [0.1, 0.15) is 5.82 Å². The molecular weight excluding hydrogens is 312 g/mol. The molecule has 0 spiro atoms. The van der Waals surface area contributed by atoms with Crippen LogP contribution in [0.2, 0.25) is 5.28 Å². The standard InChI is InChI=1S/C17H23ClN4O/c1-3-4-5-6-13-7-8-14-15(19-13)20-17(18)21-16(14)22-9-10-23-11-12(22)2/h7-8,12H,3-6,9-11H2,1-2H3/t12-/m0/s1. The molecule has 0 saturated carbocycles. The number of fused-ring (bicyclic) bond motifs is 1. The van der Waals surface area contributed by atoms with Gasteiger partial charge in [-0.15, -0.1) is 0 Å². The Bertz CT molecular complexity index is 679. The largest absolute Gasteiger partial charge is 0.377 e. The normalized spacial score (nSPS) is 18.6. The molecule has 0 amide bonds. The third-order valence-electron chi connectivity index (χ3n) is 4.25. The van der Waals surface area contributed by atoms with E-state index in [1.807, 2.05) is 0 Å². The fourth-order valence-corrected chi connectivity index (χ4v) is 3.12. The molecule has 0 radical (unpaired) electrons. The van der Waals surface area contributed by atoms with Crippen LogP contribution in [0.1, 0.15) is 38.8 Å². The van der Waals surface area contributed by atoms with Crippen molar-refractivity contribution < 1.29 is 4.74 Å². The number of hydrogen-bond acceptors (Lipinski definition) is 5. The minimum absolute atomic E-state index is 0.254. The SMILES string of the molecule is CCCCCc1ccc2c(N3CCOC[C@@H]3C)nc(Cl)nc2n1. The Morgan fingerprint density at radius 3 is 2.91 bits per heavy atom. The van der Waals surface area contributed by atoms with E-state index in [0.29, 0.717) is 18.9 Å². The summed E-state index contributed by atoms with van der Waals surface area (Å²) in [6, 6.07) is 4.43. The van der Waals surface area contributed by atoms with Gasteiger partial charge in [0, 0.05) is 12.2 Å². The number of nitrogens with zero attached hydrogens (tertiary/aromatic N) is 4. The molecule has 2 aromatic rings. The van der Waals surface area contributed by atoms with Crippen molar-refractivity contribution in [2.24, 2.45) is 0 Å². The highest BCUT2D eigenvalue weighted by Gasteiger charge is 2.23. The van der Waals surface area contributed by atoms with Crippen LogP contribution in [0.25, 0.3) is 11.0 Å². The van der Waals surface area contributed by atoms with Crippen LogP contribution in [-0.4, -0.2) is 40.8 Å². The maximum atomic E-state index is 6.15. The van der Waals surface area contributed by atoms with Crippen molar-refractivity contribution >= 4 is 28.5 Å². The highest BCUT2D eigenvalue weighted by atomic mass is 35.5. The molecule has 0 aliphatic carbocycles. The summed E-state index contributed by atoms with van der Waals surface area (Å²) in [7, 11) is 0. The van der Waals surface area contributed by atoms with Gasteiger partial charge in [-0.25, -0.2) is 4.98 Å². The van der Waals surface area contributed by atoms with Gasteiger partial charge in [0.15, 0.2) is 5.65 Å². The summed E-state index contributed by atoms with van der Waals surface area (Å²) < 4.78 is 5.52. The van der Waals surface area contributed by atoms with Crippen LogP contribution in [0.5, 0.6) is 0 Å². The lowest BCUT2D eigenvalue weighted by molar-refractivity contribution is 0.0987. The second-order valence-electron chi connectivity index (χ2n) is 6.06. The van der Waals surface area contributed by atoms with Gasteiger partial charge in [-0.1, -0.05) is 19.8 Å². The number of anilines is 1. The molecule has 1 saturated heterocycles. The monoisotopic (exact) mass is 334 g/mol. The topological polar surface area (TPSA) is 51.1 Å².